The first kappa shape index (κ1) is 13.5. The molecule has 1 aliphatic rings. The molecule has 0 aromatic carbocycles. The largest absolute Gasteiger partial charge is 0.389 e. The van der Waals surface area contributed by atoms with E-state index in [2.05, 4.69) is 23.9 Å². The van der Waals surface area contributed by atoms with E-state index >= 15 is 0 Å². The molecule has 0 bridgehead atoms. The molecule has 5 nitrogen and oxygen atoms in total. The maximum atomic E-state index is 10.6. The van der Waals surface area contributed by atoms with Crippen molar-refractivity contribution in [2.24, 2.45) is 5.92 Å². The van der Waals surface area contributed by atoms with Gasteiger partial charge in [-0.05, 0) is 25.2 Å². The summed E-state index contributed by atoms with van der Waals surface area (Å²) in [6.45, 7) is 6.54. The lowest BCUT2D eigenvalue weighted by Crippen LogP contribution is -2.33. The molecule has 102 valence electrons. The normalized spacial score (nSPS) is 25.3. The summed E-state index contributed by atoms with van der Waals surface area (Å²) in [7, 11) is 0. The fourth-order valence-corrected chi connectivity index (χ4v) is 2.39. The number of hydrogen-bond acceptors (Lipinski definition) is 4. The molecule has 2 rings (SSSR count). The predicted octanol–water partition coefficient (Wildman–Crippen LogP) is 1.41. The van der Waals surface area contributed by atoms with Crippen LogP contribution in [0.15, 0.2) is 6.33 Å². The van der Waals surface area contributed by atoms with E-state index in [1.165, 1.54) is 0 Å². The van der Waals surface area contributed by atoms with Gasteiger partial charge >= 0.3 is 0 Å². The summed E-state index contributed by atoms with van der Waals surface area (Å²) in [4.78, 5) is 4.29. The first-order valence-electron chi connectivity index (χ1n) is 6.76. The molecule has 1 aromatic rings. The first-order chi connectivity index (χ1) is 8.59. The Bertz CT molecular complexity index is 368. The van der Waals surface area contributed by atoms with E-state index in [-0.39, 0.29) is 0 Å². The number of aliphatic hydroxyl groups is 1. The fourth-order valence-electron chi connectivity index (χ4n) is 2.39. The lowest BCUT2D eigenvalue weighted by Gasteiger charge is -2.25. The van der Waals surface area contributed by atoms with Crippen LogP contribution in [-0.2, 0) is 17.7 Å². The number of hydrogen-bond donors (Lipinski definition) is 1. The van der Waals surface area contributed by atoms with Gasteiger partial charge in [-0.15, -0.1) is 0 Å². The molecule has 0 spiro atoms. The zero-order valence-corrected chi connectivity index (χ0v) is 11.3. The molecule has 1 N–H and O–H groups in total. The molecule has 1 aliphatic heterocycles. The lowest BCUT2D eigenvalue weighted by molar-refractivity contribution is 0.0161. The molecule has 1 unspecified atom stereocenters. The van der Waals surface area contributed by atoms with E-state index in [4.69, 9.17) is 4.74 Å². The van der Waals surface area contributed by atoms with E-state index in [0.29, 0.717) is 25.4 Å². The van der Waals surface area contributed by atoms with Gasteiger partial charge in [0.1, 0.15) is 12.2 Å². The second-order valence-corrected chi connectivity index (χ2v) is 5.62. The van der Waals surface area contributed by atoms with Crippen molar-refractivity contribution in [2.75, 3.05) is 13.2 Å². The van der Waals surface area contributed by atoms with Crippen LogP contribution in [-0.4, -0.2) is 38.7 Å². The summed E-state index contributed by atoms with van der Waals surface area (Å²) in [5.41, 5.74) is -0.682. The van der Waals surface area contributed by atoms with Gasteiger partial charge in [-0.3, -0.25) is 0 Å². The van der Waals surface area contributed by atoms with Crippen molar-refractivity contribution in [2.45, 2.75) is 51.7 Å². The van der Waals surface area contributed by atoms with Crippen molar-refractivity contribution in [1.82, 2.24) is 14.8 Å². The predicted molar refractivity (Wildman–Crippen MR) is 68.2 cm³/mol. The van der Waals surface area contributed by atoms with Crippen molar-refractivity contribution in [1.29, 1.82) is 0 Å². The molecular formula is C13H23N3O2. The Balaban J connectivity index is 2.05. The first-order valence-corrected chi connectivity index (χ1v) is 6.76. The quantitative estimate of drug-likeness (QED) is 0.881. The minimum absolute atomic E-state index is 0.526. The van der Waals surface area contributed by atoms with Crippen LogP contribution in [0.3, 0.4) is 0 Å². The average Bonchev–Trinajstić information content (AvgIpc) is 2.59. The molecule has 1 fully saturated rings. The average molecular weight is 253 g/mol. The molecule has 1 atom stereocenters. The minimum Gasteiger partial charge on any atom is -0.389 e. The monoisotopic (exact) mass is 253 g/mol. The van der Waals surface area contributed by atoms with Crippen molar-refractivity contribution in [3.8, 4) is 0 Å². The SMILES string of the molecule is CC(C)Cn1ncnc1CC1(O)CCCOCC1. The Morgan fingerprint density at radius 2 is 2.28 bits per heavy atom. The van der Waals surface area contributed by atoms with Crippen LogP contribution in [0.5, 0.6) is 0 Å². The lowest BCUT2D eigenvalue weighted by atomic mass is 9.91. The fraction of sp³-hybridized carbons (Fsp3) is 0.846. The third-order valence-corrected chi connectivity index (χ3v) is 3.36. The van der Waals surface area contributed by atoms with Crippen LogP contribution in [0, 0.1) is 5.92 Å². The molecule has 0 aliphatic carbocycles. The number of ether oxygens (including phenoxy) is 1. The van der Waals surface area contributed by atoms with Crippen molar-refractivity contribution >= 4 is 0 Å². The van der Waals surface area contributed by atoms with Gasteiger partial charge in [0.25, 0.3) is 0 Å². The summed E-state index contributed by atoms with van der Waals surface area (Å²) in [6.07, 6.45) is 4.52. The molecule has 1 saturated heterocycles. The summed E-state index contributed by atoms with van der Waals surface area (Å²) >= 11 is 0. The maximum absolute atomic E-state index is 10.6. The highest BCUT2D eigenvalue weighted by molar-refractivity contribution is 4.95. The molecule has 5 heteroatoms. The van der Waals surface area contributed by atoms with Gasteiger partial charge in [0, 0.05) is 26.2 Å². The Kier molecular flexibility index (Phi) is 4.35. The van der Waals surface area contributed by atoms with Crippen LogP contribution in [0.1, 0.15) is 38.9 Å². The zero-order valence-electron chi connectivity index (χ0n) is 11.3. The van der Waals surface area contributed by atoms with Gasteiger partial charge in [0.05, 0.1) is 5.60 Å². The highest BCUT2D eigenvalue weighted by Gasteiger charge is 2.30. The van der Waals surface area contributed by atoms with Gasteiger partial charge in [-0.2, -0.15) is 5.10 Å². The van der Waals surface area contributed by atoms with Crippen molar-refractivity contribution in [3.63, 3.8) is 0 Å². The van der Waals surface area contributed by atoms with Gasteiger partial charge < -0.3 is 9.84 Å². The maximum Gasteiger partial charge on any atom is 0.138 e. The highest BCUT2D eigenvalue weighted by atomic mass is 16.5. The van der Waals surface area contributed by atoms with Crippen LogP contribution in [0.2, 0.25) is 0 Å². The van der Waals surface area contributed by atoms with E-state index in [0.717, 1.165) is 31.8 Å². The molecule has 0 amide bonds. The highest BCUT2D eigenvalue weighted by Crippen LogP contribution is 2.25. The Morgan fingerprint density at radius 1 is 1.44 bits per heavy atom. The van der Waals surface area contributed by atoms with E-state index < -0.39 is 5.60 Å². The number of rotatable bonds is 4. The standard InChI is InChI=1S/C13H23N3O2/c1-11(2)9-16-12(14-10-15-16)8-13(17)4-3-6-18-7-5-13/h10-11,17H,3-9H2,1-2H3. The van der Waals surface area contributed by atoms with Crippen LogP contribution in [0.25, 0.3) is 0 Å². The topological polar surface area (TPSA) is 60.2 Å². The Labute approximate surface area is 108 Å². The molecule has 1 aromatic heterocycles. The van der Waals surface area contributed by atoms with Gasteiger partial charge in [0.15, 0.2) is 0 Å². The number of nitrogens with zero attached hydrogens (tertiary/aromatic N) is 3. The van der Waals surface area contributed by atoms with Gasteiger partial charge in [0.2, 0.25) is 0 Å². The van der Waals surface area contributed by atoms with Crippen LogP contribution >= 0.6 is 0 Å². The van der Waals surface area contributed by atoms with Crippen molar-refractivity contribution in [3.05, 3.63) is 12.2 Å². The third kappa shape index (κ3) is 3.53. The van der Waals surface area contributed by atoms with E-state index in [1.54, 1.807) is 6.33 Å². The van der Waals surface area contributed by atoms with E-state index in [1.807, 2.05) is 4.68 Å². The molecular weight excluding hydrogens is 230 g/mol. The Morgan fingerprint density at radius 3 is 3.06 bits per heavy atom. The summed E-state index contributed by atoms with van der Waals surface area (Å²) < 4.78 is 7.31. The van der Waals surface area contributed by atoms with E-state index in [9.17, 15) is 5.11 Å². The van der Waals surface area contributed by atoms with Crippen LogP contribution < -0.4 is 0 Å². The minimum atomic E-state index is -0.682. The second kappa shape index (κ2) is 5.80. The van der Waals surface area contributed by atoms with Gasteiger partial charge in [-0.1, -0.05) is 13.8 Å². The second-order valence-electron chi connectivity index (χ2n) is 5.62. The zero-order chi connectivity index (χ0) is 13.0. The molecule has 18 heavy (non-hydrogen) atoms. The van der Waals surface area contributed by atoms with Crippen LogP contribution in [0.4, 0.5) is 0 Å². The third-order valence-electron chi connectivity index (χ3n) is 3.36. The molecule has 2 heterocycles. The molecule has 0 saturated carbocycles. The summed E-state index contributed by atoms with van der Waals surface area (Å²) in [5, 5.41) is 14.9. The molecule has 0 radical (unpaired) electrons. The smallest absolute Gasteiger partial charge is 0.138 e. The number of aromatic nitrogens is 3. The summed E-state index contributed by atoms with van der Waals surface area (Å²) in [6, 6.07) is 0. The van der Waals surface area contributed by atoms with Gasteiger partial charge in [-0.25, -0.2) is 9.67 Å². The Hall–Kier alpha value is -0.940. The summed E-state index contributed by atoms with van der Waals surface area (Å²) in [5.74, 6) is 1.41. The van der Waals surface area contributed by atoms with Crippen molar-refractivity contribution < 1.29 is 9.84 Å².